The fourth-order valence-corrected chi connectivity index (χ4v) is 2.02. The molecule has 3 nitrogen and oxygen atoms in total. The lowest BCUT2D eigenvalue weighted by Gasteiger charge is -2.28. The third-order valence-corrected chi connectivity index (χ3v) is 3.17. The van der Waals surface area contributed by atoms with Gasteiger partial charge >= 0.3 is 0 Å². The molecule has 0 saturated heterocycles. The number of rotatable bonds is 3. The highest BCUT2D eigenvalue weighted by Crippen LogP contribution is 2.33. The highest BCUT2D eigenvalue weighted by molar-refractivity contribution is 5.53. The first kappa shape index (κ1) is 9.46. The Balaban J connectivity index is 1.82. The summed E-state index contributed by atoms with van der Waals surface area (Å²) in [6, 6.07) is 10.8. The Morgan fingerprint density at radius 3 is 2.69 bits per heavy atom. The zero-order valence-electron chi connectivity index (χ0n) is 9.13. The summed E-state index contributed by atoms with van der Waals surface area (Å²) in [4.78, 5) is 4.37. The molecule has 0 bridgehead atoms. The van der Waals surface area contributed by atoms with Crippen molar-refractivity contribution in [2.24, 2.45) is 0 Å². The zero-order chi connectivity index (χ0) is 10.8. The van der Waals surface area contributed by atoms with Crippen molar-refractivity contribution in [3.63, 3.8) is 0 Å². The lowest BCUT2D eigenvalue weighted by molar-refractivity contribution is 0.317. The van der Waals surface area contributed by atoms with Crippen LogP contribution in [0.1, 0.15) is 25.3 Å². The Morgan fingerprint density at radius 1 is 1.19 bits per heavy atom. The van der Waals surface area contributed by atoms with Gasteiger partial charge in [-0.05, 0) is 31.4 Å². The van der Waals surface area contributed by atoms with Gasteiger partial charge in [0.05, 0.1) is 0 Å². The molecule has 16 heavy (non-hydrogen) atoms. The van der Waals surface area contributed by atoms with E-state index in [0.717, 1.165) is 11.6 Å². The first-order chi connectivity index (χ1) is 7.93. The summed E-state index contributed by atoms with van der Waals surface area (Å²) in [5, 5.41) is 3.35. The average Bonchev–Trinajstić information content (AvgIpc) is 2.66. The van der Waals surface area contributed by atoms with Crippen LogP contribution in [0, 0.1) is 0 Å². The van der Waals surface area contributed by atoms with E-state index < -0.39 is 0 Å². The molecular weight excluding hydrogens is 198 g/mol. The van der Waals surface area contributed by atoms with Crippen LogP contribution >= 0.6 is 0 Å². The normalized spacial score (nSPS) is 15.8. The van der Waals surface area contributed by atoms with Crippen molar-refractivity contribution in [2.45, 2.75) is 25.3 Å². The molecule has 0 unspecified atom stereocenters. The van der Waals surface area contributed by atoms with E-state index in [1.165, 1.54) is 19.3 Å². The highest BCUT2D eigenvalue weighted by Gasteiger charge is 2.21. The fourth-order valence-electron chi connectivity index (χ4n) is 2.02. The van der Waals surface area contributed by atoms with Gasteiger partial charge in [-0.25, -0.2) is 4.98 Å². The molecule has 1 N–H and O–H groups in total. The second-order valence-electron chi connectivity index (χ2n) is 4.23. The predicted octanol–water partition coefficient (Wildman–Crippen LogP) is 3.35. The van der Waals surface area contributed by atoms with Crippen molar-refractivity contribution in [1.29, 1.82) is 0 Å². The van der Waals surface area contributed by atoms with E-state index in [0.29, 0.717) is 6.04 Å². The van der Waals surface area contributed by atoms with Gasteiger partial charge in [-0.3, -0.25) is 0 Å². The average molecular weight is 213 g/mol. The number of benzene rings is 1. The summed E-state index contributed by atoms with van der Waals surface area (Å²) >= 11 is 0. The molecule has 0 amide bonds. The second kappa shape index (κ2) is 4.00. The second-order valence-corrected chi connectivity index (χ2v) is 4.23. The Morgan fingerprint density at radius 2 is 2.00 bits per heavy atom. The topological polar surface area (TPSA) is 29.9 Å². The molecule has 2 aromatic rings. The largest absolute Gasteiger partial charge is 0.326 e. The molecule has 1 aliphatic rings. The number of nitrogens with zero attached hydrogens (tertiary/aromatic N) is 2. The molecule has 1 aromatic heterocycles. The third-order valence-electron chi connectivity index (χ3n) is 3.17. The van der Waals surface area contributed by atoms with E-state index in [1.807, 2.05) is 24.4 Å². The van der Waals surface area contributed by atoms with Gasteiger partial charge in [-0.1, -0.05) is 18.2 Å². The van der Waals surface area contributed by atoms with Crippen molar-refractivity contribution >= 4 is 11.6 Å². The predicted molar refractivity (Wildman–Crippen MR) is 64.8 cm³/mol. The van der Waals surface area contributed by atoms with Crippen LogP contribution < -0.4 is 5.32 Å². The Bertz CT molecular complexity index is 457. The molecule has 0 atom stereocenters. The minimum atomic E-state index is 0.647. The van der Waals surface area contributed by atoms with Crippen LogP contribution in [0.4, 0.5) is 11.6 Å². The van der Waals surface area contributed by atoms with Crippen LogP contribution in [-0.4, -0.2) is 9.55 Å². The van der Waals surface area contributed by atoms with Crippen molar-refractivity contribution < 1.29 is 0 Å². The number of aromatic nitrogens is 2. The van der Waals surface area contributed by atoms with Crippen molar-refractivity contribution in [3.05, 3.63) is 42.7 Å². The summed E-state index contributed by atoms with van der Waals surface area (Å²) in [5.41, 5.74) is 1.09. The molecule has 82 valence electrons. The van der Waals surface area contributed by atoms with Crippen LogP contribution in [-0.2, 0) is 0 Å². The molecule has 0 radical (unpaired) electrons. The van der Waals surface area contributed by atoms with Gasteiger partial charge in [0.25, 0.3) is 0 Å². The first-order valence-electron chi connectivity index (χ1n) is 5.78. The number of hydrogen-bond donors (Lipinski definition) is 1. The van der Waals surface area contributed by atoms with Crippen LogP contribution in [0.25, 0.3) is 0 Å². The molecule has 1 aliphatic carbocycles. The third kappa shape index (κ3) is 1.69. The minimum absolute atomic E-state index is 0.647. The summed E-state index contributed by atoms with van der Waals surface area (Å²) in [7, 11) is 0. The molecule has 1 fully saturated rings. The van der Waals surface area contributed by atoms with E-state index in [2.05, 4.69) is 33.2 Å². The van der Waals surface area contributed by atoms with Gasteiger partial charge in [0.1, 0.15) is 0 Å². The van der Waals surface area contributed by atoms with E-state index in [1.54, 1.807) is 0 Å². The maximum atomic E-state index is 4.37. The lowest BCUT2D eigenvalue weighted by atomic mass is 9.93. The quantitative estimate of drug-likeness (QED) is 0.847. The van der Waals surface area contributed by atoms with Crippen molar-refractivity contribution in [3.8, 4) is 0 Å². The molecule has 0 aliphatic heterocycles. The molecule has 3 rings (SSSR count). The maximum absolute atomic E-state index is 4.37. The number of anilines is 2. The van der Waals surface area contributed by atoms with Crippen molar-refractivity contribution in [1.82, 2.24) is 9.55 Å². The number of imidazole rings is 1. The SMILES string of the molecule is c1ccc(Nc2nccn2C2CCC2)cc1. The van der Waals surface area contributed by atoms with Gasteiger partial charge in [0.2, 0.25) is 5.95 Å². The van der Waals surface area contributed by atoms with E-state index in [-0.39, 0.29) is 0 Å². The van der Waals surface area contributed by atoms with Crippen LogP contribution in [0.3, 0.4) is 0 Å². The van der Waals surface area contributed by atoms with E-state index in [4.69, 9.17) is 0 Å². The lowest BCUT2D eigenvalue weighted by Crippen LogP contribution is -2.17. The number of nitrogens with one attached hydrogen (secondary N) is 1. The number of para-hydroxylation sites is 1. The van der Waals surface area contributed by atoms with Crippen LogP contribution in [0.2, 0.25) is 0 Å². The molecule has 3 heteroatoms. The van der Waals surface area contributed by atoms with Gasteiger partial charge in [0.15, 0.2) is 0 Å². The monoisotopic (exact) mass is 213 g/mol. The Hall–Kier alpha value is -1.77. The van der Waals surface area contributed by atoms with Crippen LogP contribution in [0.5, 0.6) is 0 Å². The smallest absolute Gasteiger partial charge is 0.207 e. The zero-order valence-corrected chi connectivity index (χ0v) is 9.13. The Kier molecular flexibility index (Phi) is 2.37. The van der Waals surface area contributed by atoms with Gasteiger partial charge in [0, 0.05) is 24.1 Å². The molecule has 1 aromatic carbocycles. The van der Waals surface area contributed by atoms with Crippen molar-refractivity contribution in [2.75, 3.05) is 5.32 Å². The standard InChI is InChI=1S/C13H15N3/c1-2-5-11(6-3-1)15-13-14-9-10-16(13)12-7-4-8-12/h1-3,5-6,9-10,12H,4,7-8H2,(H,14,15). The number of hydrogen-bond acceptors (Lipinski definition) is 2. The van der Waals surface area contributed by atoms with Gasteiger partial charge in [-0.2, -0.15) is 0 Å². The van der Waals surface area contributed by atoms with Gasteiger partial charge < -0.3 is 9.88 Å². The minimum Gasteiger partial charge on any atom is -0.326 e. The van der Waals surface area contributed by atoms with Gasteiger partial charge in [-0.15, -0.1) is 0 Å². The van der Waals surface area contributed by atoms with Crippen LogP contribution in [0.15, 0.2) is 42.7 Å². The fraction of sp³-hybridized carbons (Fsp3) is 0.308. The Labute approximate surface area is 95.1 Å². The summed E-state index contributed by atoms with van der Waals surface area (Å²) in [5.74, 6) is 0.955. The molecular formula is C13H15N3. The summed E-state index contributed by atoms with van der Waals surface area (Å²) < 4.78 is 2.25. The molecule has 0 spiro atoms. The first-order valence-corrected chi connectivity index (χ1v) is 5.78. The maximum Gasteiger partial charge on any atom is 0.207 e. The summed E-state index contributed by atoms with van der Waals surface area (Å²) in [6.45, 7) is 0. The summed E-state index contributed by atoms with van der Waals surface area (Å²) in [6.07, 6.45) is 7.83. The highest BCUT2D eigenvalue weighted by atomic mass is 15.2. The molecule has 1 heterocycles. The van der Waals surface area contributed by atoms with E-state index in [9.17, 15) is 0 Å². The molecule has 1 saturated carbocycles. The van der Waals surface area contributed by atoms with E-state index >= 15 is 0 Å².